The zero-order chi connectivity index (χ0) is 14.0. The van der Waals surface area contributed by atoms with E-state index in [1.54, 1.807) is 13.0 Å². The SMILES string of the molecule is CCCC(=O)N1CCc2cc(C(=O)C(C)N)ccc21. The number of hydrogen-bond donors (Lipinski definition) is 1. The fourth-order valence-electron chi connectivity index (χ4n) is 2.43. The molecule has 102 valence electrons. The van der Waals surface area contributed by atoms with Gasteiger partial charge in [0.2, 0.25) is 5.91 Å². The van der Waals surface area contributed by atoms with E-state index in [0.29, 0.717) is 18.5 Å². The molecule has 1 aromatic carbocycles. The summed E-state index contributed by atoms with van der Waals surface area (Å²) in [6.45, 7) is 4.40. The molecule has 0 fully saturated rings. The second-order valence-corrected chi connectivity index (χ2v) is 5.04. The maximum absolute atomic E-state index is 12.0. The highest BCUT2D eigenvalue weighted by atomic mass is 16.2. The Morgan fingerprint density at radius 1 is 1.42 bits per heavy atom. The molecule has 2 rings (SSSR count). The molecule has 2 N–H and O–H groups in total. The highest BCUT2D eigenvalue weighted by Crippen LogP contribution is 2.29. The van der Waals surface area contributed by atoms with E-state index in [1.807, 2.05) is 24.0 Å². The molecule has 1 unspecified atom stereocenters. The average molecular weight is 260 g/mol. The van der Waals surface area contributed by atoms with Crippen molar-refractivity contribution in [3.05, 3.63) is 29.3 Å². The van der Waals surface area contributed by atoms with Crippen LogP contribution in [0.5, 0.6) is 0 Å². The average Bonchev–Trinajstić information content (AvgIpc) is 2.80. The van der Waals surface area contributed by atoms with Gasteiger partial charge in [-0.3, -0.25) is 9.59 Å². The van der Waals surface area contributed by atoms with Crippen LogP contribution >= 0.6 is 0 Å². The first kappa shape index (κ1) is 13.7. The summed E-state index contributed by atoms with van der Waals surface area (Å²) in [6.07, 6.45) is 2.23. The van der Waals surface area contributed by atoms with Crippen LogP contribution in [-0.4, -0.2) is 24.3 Å². The Morgan fingerprint density at radius 3 is 2.79 bits per heavy atom. The van der Waals surface area contributed by atoms with E-state index in [0.717, 1.165) is 24.1 Å². The number of fused-ring (bicyclic) bond motifs is 1. The highest BCUT2D eigenvalue weighted by molar-refractivity contribution is 6.01. The van der Waals surface area contributed by atoms with Gasteiger partial charge in [0, 0.05) is 24.2 Å². The molecule has 19 heavy (non-hydrogen) atoms. The summed E-state index contributed by atoms with van der Waals surface area (Å²) in [5.41, 5.74) is 8.26. The molecule has 0 saturated heterocycles. The third kappa shape index (κ3) is 2.68. The number of amides is 1. The lowest BCUT2D eigenvalue weighted by molar-refractivity contribution is -0.118. The Balaban J connectivity index is 2.25. The van der Waals surface area contributed by atoms with E-state index >= 15 is 0 Å². The van der Waals surface area contributed by atoms with Crippen LogP contribution in [0.1, 0.15) is 42.6 Å². The minimum absolute atomic E-state index is 0.0545. The van der Waals surface area contributed by atoms with Gasteiger partial charge in [0.25, 0.3) is 0 Å². The van der Waals surface area contributed by atoms with Crippen LogP contribution in [0.25, 0.3) is 0 Å². The molecule has 0 spiro atoms. The van der Waals surface area contributed by atoms with Crippen LogP contribution in [0.15, 0.2) is 18.2 Å². The fourth-order valence-corrected chi connectivity index (χ4v) is 2.43. The van der Waals surface area contributed by atoms with Crippen molar-refractivity contribution in [3.8, 4) is 0 Å². The number of carbonyl (C=O) groups is 2. The van der Waals surface area contributed by atoms with E-state index in [1.165, 1.54) is 0 Å². The molecule has 1 amide bonds. The summed E-state index contributed by atoms with van der Waals surface area (Å²) < 4.78 is 0. The molecule has 0 aliphatic carbocycles. The van der Waals surface area contributed by atoms with Gasteiger partial charge in [-0.2, -0.15) is 0 Å². The zero-order valence-corrected chi connectivity index (χ0v) is 11.5. The highest BCUT2D eigenvalue weighted by Gasteiger charge is 2.25. The van der Waals surface area contributed by atoms with Gasteiger partial charge in [0.1, 0.15) is 0 Å². The smallest absolute Gasteiger partial charge is 0.226 e. The molecular formula is C15H20N2O2. The third-order valence-electron chi connectivity index (χ3n) is 3.44. The van der Waals surface area contributed by atoms with E-state index < -0.39 is 6.04 Å². The van der Waals surface area contributed by atoms with Crippen molar-refractivity contribution in [1.82, 2.24) is 0 Å². The molecule has 1 atom stereocenters. The van der Waals surface area contributed by atoms with Gasteiger partial charge in [-0.15, -0.1) is 0 Å². The Morgan fingerprint density at radius 2 is 2.16 bits per heavy atom. The molecule has 0 aromatic heterocycles. The van der Waals surface area contributed by atoms with E-state index in [9.17, 15) is 9.59 Å². The van der Waals surface area contributed by atoms with E-state index in [2.05, 4.69) is 0 Å². The van der Waals surface area contributed by atoms with Crippen LogP contribution in [0.4, 0.5) is 5.69 Å². The monoisotopic (exact) mass is 260 g/mol. The Kier molecular flexibility index (Phi) is 4.00. The van der Waals surface area contributed by atoms with Crippen LogP contribution < -0.4 is 10.6 Å². The quantitative estimate of drug-likeness (QED) is 0.841. The summed E-state index contributed by atoms with van der Waals surface area (Å²) in [7, 11) is 0. The van der Waals surface area contributed by atoms with Gasteiger partial charge < -0.3 is 10.6 Å². The van der Waals surface area contributed by atoms with Crippen molar-refractivity contribution < 1.29 is 9.59 Å². The number of carbonyl (C=O) groups excluding carboxylic acids is 2. The van der Waals surface area contributed by atoms with Crippen molar-refractivity contribution in [2.24, 2.45) is 5.73 Å². The topological polar surface area (TPSA) is 63.4 Å². The zero-order valence-electron chi connectivity index (χ0n) is 11.5. The first-order valence-corrected chi connectivity index (χ1v) is 6.77. The van der Waals surface area contributed by atoms with Crippen molar-refractivity contribution >= 4 is 17.4 Å². The Bertz CT molecular complexity index is 509. The summed E-state index contributed by atoms with van der Waals surface area (Å²) in [5, 5.41) is 0. The van der Waals surface area contributed by atoms with Crippen LogP contribution in [0.2, 0.25) is 0 Å². The minimum atomic E-state index is -0.489. The predicted molar refractivity (Wildman–Crippen MR) is 75.4 cm³/mol. The number of Topliss-reactive ketones (excluding diaryl/α,β-unsaturated/α-hetero) is 1. The molecular weight excluding hydrogens is 240 g/mol. The summed E-state index contributed by atoms with van der Waals surface area (Å²) in [4.78, 5) is 25.6. The van der Waals surface area contributed by atoms with Crippen molar-refractivity contribution in [2.45, 2.75) is 39.2 Å². The molecule has 4 heteroatoms. The van der Waals surface area contributed by atoms with Gasteiger partial charge in [-0.05, 0) is 43.5 Å². The molecule has 0 bridgehead atoms. The van der Waals surface area contributed by atoms with Crippen molar-refractivity contribution in [1.29, 1.82) is 0 Å². The van der Waals surface area contributed by atoms with Crippen molar-refractivity contribution in [3.63, 3.8) is 0 Å². The number of ketones is 1. The Labute approximate surface area is 113 Å². The van der Waals surface area contributed by atoms with Gasteiger partial charge in [0.05, 0.1) is 6.04 Å². The first-order valence-electron chi connectivity index (χ1n) is 6.77. The van der Waals surface area contributed by atoms with Crippen LogP contribution in [0.3, 0.4) is 0 Å². The lowest BCUT2D eigenvalue weighted by Crippen LogP contribution is -2.28. The summed E-state index contributed by atoms with van der Waals surface area (Å²) in [5.74, 6) is 0.105. The van der Waals surface area contributed by atoms with Gasteiger partial charge in [-0.1, -0.05) is 6.92 Å². The number of anilines is 1. The first-order chi connectivity index (χ1) is 9.04. The number of rotatable bonds is 4. The normalized spacial score (nSPS) is 15.2. The van der Waals surface area contributed by atoms with Crippen LogP contribution in [-0.2, 0) is 11.2 Å². The Hall–Kier alpha value is -1.68. The second kappa shape index (κ2) is 5.53. The molecule has 0 radical (unpaired) electrons. The number of hydrogen-bond acceptors (Lipinski definition) is 3. The number of benzene rings is 1. The maximum Gasteiger partial charge on any atom is 0.226 e. The lowest BCUT2D eigenvalue weighted by Gasteiger charge is -2.17. The summed E-state index contributed by atoms with van der Waals surface area (Å²) >= 11 is 0. The van der Waals surface area contributed by atoms with Gasteiger partial charge in [-0.25, -0.2) is 0 Å². The number of nitrogens with zero attached hydrogens (tertiary/aromatic N) is 1. The molecule has 1 aromatic rings. The van der Waals surface area contributed by atoms with E-state index in [4.69, 9.17) is 5.73 Å². The molecule has 4 nitrogen and oxygen atoms in total. The standard InChI is InChI=1S/C15H20N2O2/c1-3-4-14(18)17-8-7-11-9-12(5-6-13(11)17)15(19)10(2)16/h5-6,9-10H,3-4,7-8,16H2,1-2H3. The minimum Gasteiger partial charge on any atom is -0.321 e. The van der Waals surface area contributed by atoms with Gasteiger partial charge >= 0.3 is 0 Å². The van der Waals surface area contributed by atoms with Crippen molar-refractivity contribution in [2.75, 3.05) is 11.4 Å². The largest absolute Gasteiger partial charge is 0.321 e. The second-order valence-electron chi connectivity index (χ2n) is 5.04. The predicted octanol–water partition coefficient (Wildman–Crippen LogP) is 1.91. The molecule has 1 aliphatic rings. The maximum atomic E-state index is 12.0. The molecule has 0 saturated carbocycles. The number of nitrogens with two attached hydrogens (primary N) is 1. The van der Waals surface area contributed by atoms with E-state index in [-0.39, 0.29) is 11.7 Å². The molecule has 1 aliphatic heterocycles. The molecule has 1 heterocycles. The van der Waals surface area contributed by atoms with Crippen LogP contribution in [0, 0.1) is 0 Å². The van der Waals surface area contributed by atoms with Gasteiger partial charge in [0.15, 0.2) is 5.78 Å². The third-order valence-corrected chi connectivity index (χ3v) is 3.44. The summed E-state index contributed by atoms with van der Waals surface area (Å²) in [6, 6.07) is 5.02. The lowest BCUT2D eigenvalue weighted by atomic mass is 10.0. The fraction of sp³-hybridized carbons (Fsp3) is 0.467.